The molecule has 6 nitrogen and oxygen atoms in total. The first-order chi connectivity index (χ1) is 18.3. The van der Waals surface area contributed by atoms with E-state index >= 15 is 0 Å². The van der Waals surface area contributed by atoms with Crippen LogP contribution < -0.4 is 10.3 Å². The molecule has 0 unspecified atom stereocenters. The summed E-state index contributed by atoms with van der Waals surface area (Å²) in [6.07, 6.45) is 4.60. The molecule has 7 heteroatoms. The fraction of sp³-hybridized carbons (Fsp3) is 0.258. The van der Waals surface area contributed by atoms with Gasteiger partial charge in [-0.25, -0.2) is 13.2 Å². The number of anilines is 1. The predicted molar refractivity (Wildman–Crippen MR) is 146 cm³/mol. The lowest BCUT2D eigenvalue weighted by molar-refractivity contribution is 0.372. The quantitative estimate of drug-likeness (QED) is 0.291. The van der Waals surface area contributed by atoms with E-state index in [9.17, 15) is 18.3 Å². The summed E-state index contributed by atoms with van der Waals surface area (Å²) < 4.78 is 34.0. The minimum atomic E-state index is -3.71. The Morgan fingerprint density at radius 2 is 1.37 bits per heavy atom. The Kier molecular flexibility index (Phi) is 5.91. The van der Waals surface area contributed by atoms with E-state index in [1.165, 1.54) is 5.56 Å². The summed E-state index contributed by atoms with van der Waals surface area (Å²) in [6, 6.07) is 27.2. The molecular weight excluding hydrogens is 498 g/mol. The average molecular weight is 528 g/mol. The maximum Gasteiger partial charge on any atom is 0.343 e. The second-order valence-corrected chi connectivity index (χ2v) is 12.4. The molecule has 0 aliphatic heterocycles. The summed E-state index contributed by atoms with van der Waals surface area (Å²) in [7, 11) is -3.71. The maximum atomic E-state index is 13.3. The smallest absolute Gasteiger partial charge is 0.343 e. The molecule has 0 saturated heterocycles. The van der Waals surface area contributed by atoms with Gasteiger partial charge in [0.1, 0.15) is 11.5 Å². The molecule has 1 heterocycles. The van der Waals surface area contributed by atoms with Crippen LogP contribution in [0.1, 0.15) is 48.1 Å². The van der Waals surface area contributed by atoms with Crippen molar-refractivity contribution in [3.8, 4) is 5.75 Å². The van der Waals surface area contributed by atoms with Crippen LogP contribution in [-0.4, -0.2) is 13.5 Å². The van der Waals surface area contributed by atoms with Gasteiger partial charge in [0.05, 0.1) is 10.5 Å². The first kappa shape index (κ1) is 24.5. The first-order valence-corrected chi connectivity index (χ1v) is 14.4. The molecule has 0 bridgehead atoms. The molecule has 2 fully saturated rings. The van der Waals surface area contributed by atoms with Crippen LogP contribution in [0.2, 0.25) is 0 Å². The Hall–Kier alpha value is -3.84. The highest BCUT2D eigenvalue weighted by molar-refractivity contribution is 7.92. The highest BCUT2D eigenvalue weighted by atomic mass is 32.2. The number of hydrogen-bond acceptors (Lipinski definition) is 5. The topological polar surface area (TPSA) is 96.6 Å². The van der Waals surface area contributed by atoms with Gasteiger partial charge in [0, 0.05) is 22.6 Å². The standard InChI is InChI=1S/C31H29NO5S/c33-26-19-27(30(14-15-30)20-22-8-3-1-4-9-22)37-29(34)28(26)31(16-17-31)21-23-10-7-11-24(18-23)32-38(35,36)25-12-5-2-6-13-25/h1-13,18-19,32-33H,14-17,20-21H2. The summed E-state index contributed by atoms with van der Waals surface area (Å²) >= 11 is 0. The molecule has 0 amide bonds. The lowest BCUT2D eigenvalue weighted by Gasteiger charge is -2.19. The zero-order valence-electron chi connectivity index (χ0n) is 20.9. The Labute approximate surface area is 222 Å². The van der Waals surface area contributed by atoms with E-state index in [-0.39, 0.29) is 16.1 Å². The largest absolute Gasteiger partial charge is 0.507 e. The van der Waals surface area contributed by atoms with E-state index in [1.807, 2.05) is 24.3 Å². The number of sulfonamides is 1. The predicted octanol–water partition coefficient (Wildman–Crippen LogP) is 5.69. The lowest BCUT2D eigenvalue weighted by Crippen LogP contribution is -2.23. The summed E-state index contributed by atoms with van der Waals surface area (Å²) in [5.41, 5.74) is 1.60. The Bertz CT molecular complexity index is 1640. The van der Waals surface area contributed by atoms with Crippen molar-refractivity contribution in [3.05, 3.63) is 124 Å². The normalized spacial score (nSPS) is 17.1. The molecule has 2 aliphatic carbocycles. The van der Waals surface area contributed by atoms with Crippen LogP contribution in [0, 0.1) is 0 Å². The molecule has 0 atom stereocenters. The number of rotatable bonds is 9. The molecular formula is C31H29NO5S. The van der Waals surface area contributed by atoms with Crippen molar-refractivity contribution < 1.29 is 17.9 Å². The number of hydrogen-bond donors (Lipinski definition) is 2. The molecule has 0 radical (unpaired) electrons. The highest BCUT2D eigenvalue weighted by Gasteiger charge is 2.51. The van der Waals surface area contributed by atoms with Gasteiger partial charge in [-0.1, -0.05) is 60.7 Å². The van der Waals surface area contributed by atoms with E-state index in [4.69, 9.17) is 4.42 Å². The van der Waals surface area contributed by atoms with Crippen molar-refractivity contribution in [3.63, 3.8) is 0 Å². The average Bonchev–Trinajstić information content (AvgIpc) is 3.83. The molecule has 194 valence electrons. The van der Waals surface area contributed by atoms with Crippen molar-refractivity contribution in [1.82, 2.24) is 0 Å². The van der Waals surface area contributed by atoms with E-state index < -0.39 is 21.1 Å². The number of aromatic hydroxyl groups is 1. The second kappa shape index (κ2) is 9.17. The van der Waals surface area contributed by atoms with Crippen molar-refractivity contribution in [2.24, 2.45) is 0 Å². The second-order valence-electron chi connectivity index (χ2n) is 10.7. The summed E-state index contributed by atoms with van der Waals surface area (Å²) in [5, 5.41) is 11.1. The van der Waals surface area contributed by atoms with Crippen LogP contribution in [0.25, 0.3) is 0 Å². The van der Waals surface area contributed by atoms with E-state index in [2.05, 4.69) is 16.9 Å². The zero-order valence-corrected chi connectivity index (χ0v) is 21.7. The molecule has 3 aromatic carbocycles. The highest BCUT2D eigenvalue weighted by Crippen LogP contribution is 2.55. The minimum Gasteiger partial charge on any atom is -0.507 e. The Balaban J connectivity index is 1.24. The Morgan fingerprint density at radius 3 is 2.00 bits per heavy atom. The van der Waals surface area contributed by atoms with Crippen LogP contribution >= 0.6 is 0 Å². The molecule has 6 rings (SSSR count). The van der Waals surface area contributed by atoms with Gasteiger partial charge in [0.2, 0.25) is 0 Å². The van der Waals surface area contributed by atoms with Crippen molar-refractivity contribution in [1.29, 1.82) is 0 Å². The third-order valence-corrected chi connectivity index (χ3v) is 9.25. The van der Waals surface area contributed by atoms with Gasteiger partial charge < -0.3 is 9.52 Å². The number of nitrogens with one attached hydrogen (secondary N) is 1. The van der Waals surface area contributed by atoms with Gasteiger partial charge >= 0.3 is 5.63 Å². The van der Waals surface area contributed by atoms with Crippen molar-refractivity contribution in [2.45, 2.75) is 54.3 Å². The first-order valence-electron chi connectivity index (χ1n) is 12.9. The molecule has 2 saturated carbocycles. The fourth-order valence-corrected chi connectivity index (χ4v) is 6.56. The van der Waals surface area contributed by atoms with Gasteiger partial charge in [-0.3, -0.25) is 4.72 Å². The summed E-state index contributed by atoms with van der Waals surface area (Å²) in [4.78, 5) is 13.4. The van der Waals surface area contributed by atoms with Gasteiger partial charge in [-0.05, 0) is 73.9 Å². The zero-order chi connectivity index (χ0) is 26.4. The van der Waals surface area contributed by atoms with Crippen molar-refractivity contribution in [2.75, 3.05) is 4.72 Å². The molecule has 4 aromatic rings. The molecule has 38 heavy (non-hydrogen) atoms. The third kappa shape index (κ3) is 4.74. The van der Waals surface area contributed by atoms with Crippen molar-refractivity contribution >= 4 is 15.7 Å². The number of benzene rings is 3. The minimum absolute atomic E-state index is 0.00554. The van der Waals surface area contributed by atoms with Crippen LogP contribution in [0.3, 0.4) is 0 Å². The molecule has 1 aromatic heterocycles. The van der Waals surface area contributed by atoms with Crippen LogP contribution in [0.4, 0.5) is 5.69 Å². The summed E-state index contributed by atoms with van der Waals surface area (Å²) in [5.74, 6) is 0.551. The van der Waals surface area contributed by atoms with Crippen LogP contribution in [0.15, 0.2) is 105 Å². The molecule has 2 N–H and O–H groups in total. The van der Waals surface area contributed by atoms with Crippen LogP contribution in [-0.2, 0) is 33.7 Å². The SMILES string of the molecule is O=c1oc(C2(Cc3ccccc3)CC2)cc(O)c1C1(Cc2cccc(NS(=O)(=O)c3ccccc3)c2)CC1. The fourth-order valence-electron chi connectivity index (χ4n) is 5.49. The van der Waals surface area contributed by atoms with Crippen LogP contribution in [0.5, 0.6) is 5.75 Å². The third-order valence-electron chi connectivity index (χ3n) is 7.85. The molecule has 2 aliphatic rings. The van der Waals surface area contributed by atoms with E-state index in [0.717, 1.165) is 37.7 Å². The summed E-state index contributed by atoms with van der Waals surface area (Å²) in [6.45, 7) is 0. The van der Waals surface area contributed by atoms with Gasteiger partial charge in [0.25, 0.3) is 10.0 Å². The van der Waals surface area contributed by atoms with Gasteiger partial charge in [-0.15, -0.1) is 0 Å². The monoisotopic (exact) mass is 527 g/mol. The molecule has 0 spiro atoms. The maximum absolute atomic E-state index is 13.3. The van der Waals surface area contributed by atoms with Gasteiger partial charge in [0.15, 0.2) is 0 Å². The Morgan fingerprint density at radius 1 is 0.763 bits per heavy atom. The lowest BCUT2D eigenvalue weighted by atomic mass is 9.88. The van der Waals surface area contributed by atoms with E-state index in [1.54, 1.807) is 54.6 Å². The van der Waals surface area contributed by atoms with E-state index in [0.29, 0.717) is 23.4 Å². The van der Waals surface area contributed by atoms with Gasteiger partial charge in [-0.2, -0.15) is 0 Å².